The van der Waals surface area contributed by atoms with Gasteiger partial charge in [-0.25, -0.2) is 0 Å². The standard InChI is InChI=1S/C27H29N3O5/c1-33-20-10-6-8-18(14-20)27(32)30-16-22(21-11-7-12-24(34-2)25(21)35-3)23(17-30)26(31)29-15-19-9-4-5-13-28-19/h4-14,22-23H,15-17H2,1-3H3,(H,29,31)/t22-,23+/m0/s1. The summed E-state index contributed by atoms with van der Waals surface area (Å²) < 4.78 is 16.4. The molecule has 4 rings (SSSR count). The first-order valence-corrected chi connectivity index (χ1v) is 11.4. The Kier molecular flexibility index (Phi) is 7.50. The molecule has 1 fully saturated rings. The molecule has 0 spiro atoms. The molecule has 2 atom stereocenters. The number of benzene rings is 2. The zero-order valence-corrected chi connectivity index (χ0v) is 20.1. The van der Waals surface area contributed by atoms with Crippen LogP contribution in [-0.4, -0.2) is 56.1 Å². The van der Waals surface area contributed by atoms with Gasteiger partial charge in [-0.3, -0.25) is 14.6 Å². The van der Waals surface area contributed by atoms with Gasteiger partial charge in [0.05, 0.1) is 39.5 Å². The first-order chi connectivity index (χ1) is 17.0. The smallest absolute Gasteiger partial charge is 0.254 e. The molecule has 0 saturated carbocycles. The average Bonchev–Trinajstić information content (AvgIpc) is 3.36. The van der Waals surface area contributed by atoms with Crippen molar-refractivity contribution in [1.29, 1.82) is 0 Å². The summed E-state index contributed by atoms with van der Waals surface area (Å²) in [6, 6.07) is 18.2. The number of methoxy groups -OCH3 is 3. The highest BCUT2D eigenvalue weighted by molar-refractivity contribution is 5.95. The number of nitrogens with one attached hydrogen (secondary N) is 1. The van der Waals surface area contributed by atoms with Gasteiger partial charge in [-0.1, -0.05) is 24.3 Å². The highest BCUT2D eigenvalue weighted by Gasteiger charge is 2.42. The van der Waals surface area contributed by atoms with Gasteiger partial charge in [0.2, 0.25) is 5.91 Å². The van der Waals surface area contributed by atoms with Crippen molar-refractivity contribution in [3.05, 3.63) is 83.7 Å². The molecule has 1 N–H and O–H groups in total. The summed E-state index contributed by atoms with van der Waals surface area (Å²) in [5.74, 6) is 0.689. The van der Waals surface area contributed by atoms with E-state index in [4.69, 9.17) is 14.2 Å². The van der Waals surface area contributed by atoms with Crippen molar-refractivity contribution >= 4 is 11.8 Å². The molecule has 0 aliphatic carbocycles. The lowest BCUT2D eigenvalue weighted by Gasteiger charge is -2.21. The third-order valence-electron chi connectivity index (χ3n) is 6.26. The van der Waals surface area contributed by atoms with Crippen LogP contribution in [0.2, 0.25) is 0 Å². The summed E-state index contributed by atoms with van der Waals surface area (Å²) >= 11 is 0. The Labute approximate surface area is 204 Å². The lowest BCUT2D eigenvalue weighted by atomic mass is 9.87. The summed E-state index contributed by atoms with van der Waals surface area (Å²) in [5.41, 5.74) is 2.10. The van der Waals surface area contributed by atoms with Crippen molar-refractivity contribution < 1.29 is 23.8 Å². The van der Waals surface area contributed by atoms with E-state index in [1.165, 1.54) is 0 Å². The zero-order valence-electron chi connectivity index (χ0n) is 20.1. The number of likely N-dealkylation sites (tertiary alicyclic amines) is 1. The largest absolute Gasteiger partial charge is 0.497 e. The molecule has 1 aliphatic rings. The summed E-state index contributed by atoms with van der Waals surface area (Å²) in [5, 5.41) is 2.99. The summed E-state index contributed by atoms with van der Waals surface area (Å²) in [7, 11) is 4.71. The molecule has 0 bridgehead atoms. The Morgan fingerprint density at radius 2 is 1.80 bits per heavy atom. The second-order valence-electron chi connectivity index (χ2n) is 8.28. The van der Waals surface area contributed by atoms with E-state index in [1.54, 1.807) is 56.7 Å². The minimum atomic E-state index is -0.478. The third-order valence-corrected chi connectivity index (χ3v) is 6.26. The molecule has 8 nitrogen and oxygen atoms in total. The van der Waals surface area contributed by atoms with Crippen LogP contribution in [0.25, 0.3) is 0 Å². The number of para-hydroxylation sites is 1. The highest BCUT2D eigenvalue weighted by atomic mass is 16.5. The molecular formula is C27H29N3O5. The Morgan fingerprint density at radius 3 is 2.51 bits per heavy atom. The minimum absolute atomic E-state index is 0.147. The maximum absolute atomic E-state index is 13.4. The monoisotopic (exact) mass is 475 g/mol. The Hall–Kier alpha value is -4.07. The summed E-state index contributed by atoms with van der Waals surface area (Å²) in [6.07, 6.45) is 1.69. The van der Waals surface area contributed by atoms with Gasteiger partial charge in [-0.05, 0) is 36.4 Å². The van der Waals surface area contributed by atoms with Gasteiger partial charge in [0, 0.05) is 36.3 Å². The van der Waals surface area contributed by atoms with Crippen LogP contribution in [0, 0.1) is 5.92 Å². The second-order valence-corrected chi connectivity index (χ2v) is 8.28. The Morgan fingerprint density at radius 1 is 0.971 bits per heavy atom. The number of hydrogen-bond donors (Lipinski definition) is 1. The van der Waals surface area contributed by atoms with E-state index in [-0.39, 0.29) is 24.3 Å². The number of carbonyl (C=O) groups excluding carboxylic acids is 2. The number of aromatic nitrogens is 1. The van der Waals surface area contributed by atoms with Crippen LogP contribution in [0.4, 0.5) is 0 Å². The topological polar surface area (TPSA) is 90.0 Å². The van der Waals surface area contributed by atoms with Gasteiger partial charge in [0.1, 0.15) is 5.75 Å². The van der Waals surface area contributed by atoms with Crippen molar-refractivity contribution in [3.8, 4) is 17.2 Å². The first-order valence-electron chi connectivity index (χ1n) is 11.4. The van der Waals surface area contributed by atoms with E-state index in [0.717, 1.165) is 11.3 Å². The molecule has 3 aromatic rings. The maximum Gasteiger partial charge on any atom is 0.254 e. The molecule has 1 aromatic heterocycles. The Bertz CT molecular complexity index is 1180. The fourth-order valence-electron chi connectivity index (χ4n) is 4.50. The van der Waals surface area contributed by atoms with E-state index in [2.05, 4.69) is 10.3 Å². The van der Waals surface area contributed by atoms with Gasteiger partial charge in [-0.2, -0.15) is 0 Å². The molecule has 8 heteroatoms. The molecule has 2 heterocycles. The lowest BCUT2D eigenvalue weighted by Crippen LogP contribution is -2.35. The van der Waals surface area contributed by atoms with E-state index in [0.29, 0.717) is 35.9 Å². The number of ether oxygens (including phenoxy) is 3. The number of pyridine rings is 1. The van der Waals surface area contributed by atoms with Crippen LogP contribution >= 0.6 is 0 Å². The quantitative estimate of drug-likeness (QED) is 0.538. The molecule has 35 heavy (non-hydrogen) atoms. The normalized spacial score (nSPS) is 17.1. The SMILES string of the molecule is COc1cccc(C(=O)N2C[C@@H](C(=O)NCc3ccccn3)[C@H](c3cccc(OC)c3OC)C2)c1. The minimum Gasteiger partial charge on any atom is -0.497 e. The molecule has 2 amide bonds. The Balaban J connectivity index is 1.63. The number of nitrogens with zero attached hydrogens (tertiary/aromatic N) is 2. The average molecular weight is 476 g/mol. The number of hydrogen-bond acceptors (Lipinski definition) is 6. The highest BCUT2D eigenvalue weighted by Crippen LogP contribution is 2.42. The van der Waals surface area contributed by atoms with Gasteiger partial charge >= 0.3 is 0 Å². The van der Waals surface area contributed by atoms with Crippen LogP contribution in [0.1, 0.15) is 27.5 Å². The predicted molar refractivity (Wildman–Crippen MR) is 131 cm³/mol. The first kappa shape index (κ1) is 24.1. The number of carbonyl (C=O) groups is 2. The van der Waals surface area contributed by atoms with Crippen LogP contribution < -0.4 is 19.5 Å². The van der Waals surface area contributed by atoms with Crippen molar-refractivity contribution in [2.24, 2.45) is 5.92 Å². The molecule has 1 saturated heterocycles. The summed E-state index contributed by atoms with van der Waals surface area (Å²) in [6.45, 7) is 0.943. The van der Waals surface area contributed by atoms with Crippen LogP contribution in [0.3, 0.4) is 0 Å². The molecule has 182 valence electrons. The van der Waals surface area contributed by atoms with Gasteiger partial charge in [0.25, 0.3) is 5.91 Å². The molecule has 0 radical (unpaired) electrons. The molecular weight excluding hydrogens is 446 g/mol. The molecule has 1 aliphatic heterocycles. The van der Waals surface area contributed by atoms with Gasteiger partial charge in [0.15, 0.2) is 11.5 Å². The number of rotatable bonds is 8. The van der Waals surface area contributed by atoms with E-state index < -0.39 is 5.92 Å². The van der Waals surface area contributed by atoms with Crippen molar-refractivity contribution in [1.82, 2.24) is 15.2 Å². The van der Waals surface area contributed by atoms with E-state index in [9.17, 15) is 9.59 Å². The van der Waals surface area contributed by atoms with Crippen LogP contribution in [-0.2, 0) is 11.3 Å². The van der Waals surface area contributed by atoms with Gasteiger partial charge in [-0.15, -0.1) is 0 Å². The summed E-state index contributed by atoms with van der Waals surface area (Å²) in [4.78, 5) is 32.8. The maximum atomic E-state index is 13.4. The van der Waals surface area contributed by atoms with Gasteiger partial charge < -0.3 is 24.4 Å². The van der Waals surface area contributed by atoms with Crippen LogP contribution in [0.5, 0.6) is 17.2 Å². The fraction of sp³-hybridized carbons (Fsp3) is 0.296. The number of amides is 2. The van der Waals surface area contributed by atoms with Crippen molar-refractivity contribution in [2.45, 2.75) is 12.5 Å². The van der Waals surface area contributed by atoms with Crippen molar-refractivity contribution in [3.63, 3.8) is 0 Å². The van der Waals surface area contributed by atoms with Crippen LogP contribution in [0.15, 0.2) is 66.9 Å². The van der Waals surface area contributed by atoms with E-state index >= 15 is 0 Å². The van der Waals surface area contributed by atoms with Crippen molar-refractivity contribution in [2.75, 3.05) is 34.4 Å². The predicted octanol–water partition coefficient (Wildman–Crippen LogP) is 3.28. The zero-order chi connectivity index (χ0) is 24.8. The third kappa shape index (κ3) is 5.21. The second kappa shape index (κ2) is 10.9. The van der Waals surface area contributed by atoms with E-state index in [1.807, 2.05) is 36.4 Å². The fourth-order valence-corrected chi connectivity index (χ4v) is 4.50. The molecule has 2 aromatic carbocycles. The molecule has 0 unspecified atom stereocenters. The lowest BCUT2D eigenvalue weighted by molar-refractivity contribution is -0.125.